The van der Waals surface area contributed by atoms with Crippen molar-refractivity contribution in [2.45, 2.75) is 13.0 Å². The molecule has 0 spiro atoms. The van der Waals surface area contributed by atoms with Gasteiger partial charge in [-0.25, -0.2) is 5.48 Å². The molecule has 5 heteroatoms. The first-order chi connectivity index (χ1) is 13.1. The van der Waals surface area contributed by atoms with Crippen LogP contribution in [0.1, 0.15) is 39.2 Å². The fourth-order valence-electron chi connectivity index (χ4n) is 2.82. The van der Waals surface area contributed by atoms with E-state index < -0.39 is 5.91 Å². The van der Waals surface area contributed by atoms with Gasteiger partial charge in [0.25, 0.3) is 11.8 Å². The van der Waals surface area contributed by atoms with Gasteiger partial charge in [0.05, 0.1) is 6.04 Å². The van der Waals surface area contributed by atoms with Crippen LogP contribution >= 0.6 is 0 Å². The quantitative estimate of drug-likeness (QED) is 0.476. The average Bonchev–Trinajstić information content (AvgIpc) is 2.74. The van der Waals surface area contributed by atoms with Crippen LogP contribution in [0.5, 0.6) is 0 Å². The Balaban J connectivity index is 1.71. The third-order valence-corrected chi connectivity index (χ3v) is 4.35. The van der Waals surface area contributed by atoms with Gasteiger partial charge in [0.15, 0.2) is 0 Å². The summed E-state index contributed by atoms with van der Waals surface area (Å²) in [5.41, 5.74) is 5.40. The first kappa shape index (κ1) is 18.4. The molecule has 0 aliphatic heterocycles. The Labute approximate surface area is 157 Å². The van der Waals surface area contributed by atoms with Gasteiger partial charge in [-0.2, -0.15) is 0 Å². The number of hydrogen-bond acceptors (Lipinski definition) is 3. The summed E-state index contributed by atoms with van der Waals surface area (Å²) < 4.78 is 0. The molecule has 0 fully saturated rings. The molecule has 0 radical (unpaired) electrons. The van der Waals surface area contributed by atoms with Crippen LogP contribution in [0.2, 0.25) is 0 Å². The van der Waals surface area contributed by atoms with E-state index in [2.05, 4.69) is 5.32 Å². The highest BCUT2D eigenvalue weighted by Gasteiger charge is 2.13. The highest BCUT2D eigenvalue weighted by molar-refractivity contribution is 5.95. The number of hydrogen-bond donors (Lipinski definition) is 3. The van der Waals surface area contributed by atoms with E-state index in [0.29, 0.717) is 11.1 Å². The molecule has 136 valence electrons. The van der Waals surface area contributed by atoms with E-state index in [0.717, 1.165) is 16.7 Å². The molecular weight excluding hydrogens is 340 g/mol. The standard InChI is InChI=1S/C22H20N2O3/c1-15(19-8-5-9-20(14-19)22(26)24-27)23-21(25)18-12-10-17(11-13-18)16-6-3-2-4-7-16/h2-15,27H,1H3,(H,23,25)(H,24,26)/t15-/m0/s1. The summed E-state index contributed by atoms with van der Waals surface area (Å²) in [5, 5.41) is 11.7. The summed E-state index contributed by atoms with van der Waals surface area (Å²) in [6.07, 6.45) is 0. The summed E-state index contributed by atoms with van der Waals surface area (Å²) in [7, 11) is 0. The number of carbonyl (C=O) groups excluding carboxylic acids is 2. The van der Waals surface area contributed by atoms with Crippen molar-refractivity contribution in [3.63, 3.8) is 0 Å². The zero-order valence-corrected chi connectivity index (χ0v) is 14.8. The normalized spacial score (nSPS) is 11.5. The van der Waals surface area contributed by atoms with Gasteiger partial charge >= 0.3 is 0 Å². The third-order valence-electron chi connectivity index (χ3n) is 4.35. The summed E-state index contributed by atoms with van der Waals surface area (Å²) >= 11 is 0. The van der Waals surface area contributed by atoms with E-state index in [1.165, 1.54) is 0 Å². The minimum Gasteiger partial charge on any atom is -0.346 e. The molecule has 27 heavy (non-hydrogen) atoms. The number of carbonyl (C=O) groups is 2. The van der Waals surface area contributed by atoms with Crippen LogP contribution < -0.4 is 10.8 Å². The molecule has 0 heterocycles. The minimum absolute atomic E-state index is 0.195. The number of nitrogens with one attached hydrogen (secondary N) is 2. The van der Waals surface area contributed by atoms with E-state index in [9.17, 15) is 9.59 Å². The zero-order chi connectivity index (χ0) is 19.2. The van der Waals surface area contributed by atoms with Crippen molar-refractivity contribution >= 4 is 11.8 Å². The maximum absolute atomic E-state index is 12.5. The second-order valence-corrected chi connectivity index (χ2v) is 6.20. The van der Waals surface area contributed by atoms with Crippen LogP contribution in [0.15, 0.2) is 78.9 Å². The first-order valence-electron chi connectivity index (χ1n) is 8.59. The van der Waals surface area contributed by atoms with Crippen molar-refractivity contribution in [1.82, 2.24) is 10.8 Å². The highest BCUT2D eigenvalue weighted by atomic mass is 16.5. The van der Waals surface area contributed by atoms with Crippen LogP contribution in [0.25, 0.3) is 11.1 Å². The highest BCUT2D eigenvalue weighted by Crippen LogP contribution is 2.20. The van der Waals surface area contributed by atoms with Crippen molar-refractivity contribution in [3.05, 3.63) is 95.6 Å². The Morgan fingerprint density at radius 3 is 2.11 bits per heavy atom. The molecule has 2 amide bonds. The molecule has 5 nitrogen and oxygen atoms in total. The molecule has 3 aromatic rings. The monoisotopic (exact) mass is 360 g/mol. The molecule has 0 aromatic heterocycles. The Morgan fingerprint density at radius 1 is 0.778 bits per heavy atom. The number of rotatable bonds is 5. The second kappa shape index (κ2) is 8.29. The van der Waals surface area contributed by atoms with E-state index in [-0.39, 0.29) is 11.9 Å². The SMILES string of the molecule is C[C@H](NC(=O)c1ccc(-c2ccccc2)cc1)c1cccc(C(=O)NO)c1. The predicted octanol–water partition coefficient (Wildman–Crippen LogP) is 3.96. The lowest BCUT2D eigenvalue weighted by atomic mass is 10.0. The lowest BCUT2D eigenvalue weighted by molar-refractivity contribution is 0.0706. The topological polar surface area (TPSA) is 78.4 Å². The maximum atomic E-state index is 12.5. The van der Waals surface area contributed by atoms with Gasteiger partial charge in [0.2, 0.25) is 0 Å². The van der Waals surface area contributed by atoms with Crippen LogP contribution in [0, 0.1) is 0 Å². The number of amides is 2. The molecule has 3 rings (SSSR count). The Hall–Kier alpha value is -3.44. The van der Waals surface area contributed by atoms with Gasteiger partial charge in [0, 0.05) is 11.1 Å². The van der Waals surface area contributed by atoms with Crippen LogP contribution in [0.3, 0.4) is 0 Å². The summed E-state index contributed by atoms with van der Waals surface area (Å²) in [5.74, 6) is -0.786. The lowest BCUT2D eigenvalue weighted by Crippen LogP contribution is -2.27. The molecule has 0 aliphatic carbocycles. The minimum atomic E-state index is -0.591. The van der Waals surface area contributed by atoms with Crippen molar-refractivity contribution < 1.29 is 14.8 Å². The number of benzene rings is 3. The van der Waals surface area contributed by atoms with Gasteiger partial charge < -0.3 is 5.32 Å². The van der Waals surface area contributed by atoms with Crippen LogP contribution in [0.4, 0.5) is 0 Å². The van der Waals surface area contributed by atoms with Gasteiger partial charge in [-0.1, -0.05) is 54.6 Å². The van der Waals surface area contributed by atoms with Crippen LogP contribution in [-0.2, 0) is 0 Å². The Kier molecular flexibility index (Phi) is 5.64. The molecule has 1 atom stereocenters. The van der Waals surface area contributed by atoms with Crippen LogP contribution in [-0.4, -0.2) is 17.0 Å². The molecule has 3 N–H and O–H groups in total. The molecule has 0 saturated heterocycles. The fraction of sp³-hybridized carbons (Fsp3) is 0.0909. The fourth-order valence-corrected chi connectivity index (χ4v) is 2.82. The van der Waals surface area contributed by atoms with Crippen molar-refractivity contribution in [2.24, 2.45) is 0 Å². The third kappa shape index (κ3) is 4.40. The van der Waals surface area contributed by atoms with Crippen molar-refractivity contribution in [2.75, 3.05) is 0 Å². The Morgan fingerprint density at radius 2 is 1.44 bits per heavy atom. The van der Waals surface area contributed by atoms with E-state index in [4.69, 9.17) is 5.21 Å². The summed E-state index contributed by atoms with van der Waals surface area (Å²) in [6.45, 7) is 1.84. The number of hydroxylamine groups is 1. The Bertz CT molecular complexity index is 937. The van der Waals surface area contributed by atoms with Crippen molar-refractivity contribution in [1.29, 1.82) is 0 Å². The summed E-state index contributed by atoms with van der Waals surface area (Å²) in [4.78, 5) is 24.1. The molecule has 3 aromatic carbocycles. The lowest BCUT2D eigenvalue weighted by Gasteiger charge is -2.15. The smallest absolute Gasteiger partial charge is 0.274 e. The van der Waals surface area contributed by atoms with Gasteiger partial charge in [0.1, 0.15) is 0 Å². The largest absolute Gasteiger partial charge is 0.346 e. The maximum Gasteiger partial charge on any atom is 0.274 e. The molecule has 0 saturated carbocycles. The molecule has 0 unspecified atom stereocenters. The van der Waals surface area contributed by atoms with E-state index >= 15 is 0 Å². The summed E-state index contributed by atoms with van der Waals surface area (Å²) in [6, 6.07) is 23.8. The predicted molar refractivity (Wildman–Crippen MR) is 103 cm³/mol. The molecular formula is C22H20N2O3. The molecule has 0 bridgehead atoms. The second-order valence-electron chi connectivity index (χ2n) is 6.20. The van der Waals surface area contributed by atoms with Crippen molar-refractivity contribution in [3.8, 4) is 11.1 Å². The van der Waals surface area contributed by atoms with Gasteiger partial charge in [-0.3, -0.25) is 14.8 Å². The van der Waals surface area contributed by atoms with E-state index in [1.54, 1.807) is 35.8 Å². The van der Waals surface area contributed by atoms with E-state index in [1.807, 2.05) is 55.5 Å². The zero-order valence-electron chi connectivity index (χ0n) is 14.8. The first-order valence-corrected chi connectivity index (χ1v) is 8.59. The molecule has 0 aliphatic rings. The van der Waals surface area contributed by atoms with Gasteiger partial charge in [-0.15, -0.1) is 0 Å². The average molecular weight is 360 g/mol. The van der Waals surface area contributed by atoms with Gasteiger partial charge in [-0.05, 0) is 47.9 Å².